The maximum atomic E-state index is 9.43. The van der Waals surface area contributed by atoms with E-state index in [1.807, 2.05) is 0 Å². The average Bonchev–Trinajstić information content (AvgIpc) is 2.76. The van der Waals surface area contributed by atoms with E-state index in [0.717, 1.165) is 6.54 Å². The zero-order valence-electron chi connectivity index (χ0n) is 8.89. The number of aliphatic hydroxyl groups excluding tert-OH is 1. The molecule has 1 N–H and O–H groups in total. The molecule has 0 radical (unpaired) electrons. The van der Waals surface area contributed by atoms with Crippen molar-refractivity contribution in [2.75, 3.05) is 19.7 Å². The van der Waals surface area contributed by atoms with Gasteiger partial charge in [-0.1, -0.05) is 24.3 Å². The fraction of sp³-hybridized carbons (Fsp3) is 0.538. The first-order valence-electron chi connectivity index (χ1n) is 5.84. The first kappa shape index (κ1) is 9.37. The zero-order valence-corrected chi connectivity index (χ0v) is 8.89. The van der Waals surface area contributed by atoms with Crippen LogP contribution in [0.2, 0.25) is 0 Å². The van der Waals surface area contributed by atoms with Crippen molar-refractivity contribution in [3.8, 4) is 0 Å². The molecule has 0 amide bonds. The molecule has 1 fully saturated rings. The lowest BCUT2D eigenvalue weighted by atomic mass is 9.86. The number of rotatable bonds is 1. The smallest absolute Gasteiger partial charge is 0.0512 e. The molecule has 0 aromatic heterocycles. The molecule has 2 aliphatic rings. The molecule has 0 saturated carbocycles. The summed E-state index contributed by atoms with van der Waals surface area (Å²) in [4.78, 5) is 2.53. The molecule has 0 bridgehead atoms. The standard InChI is InChI=1S/C13H17NO/c15-9-10-8-14-7-3-6-13(14)12-5-2-1-4-11(10)12/h1-2,4-5,10,13,15H,3,6-9H2/t10-,13+/m1/s1. The van der Waals surface area contributed by atoms with E-state index in [-0.39, 0.29) is 6.61 Å². The van der Waals surface area contributed by atoms with Crippen LogP contribution < -0.4 is 0 Å². The first-order chi connectivity index (χ1) is 7.40. The van der Waals surface area contributed by atoms with Crippen LogP contribution in [0.1, 0.15) is 35.9 Å². The summed E-state index contributed by atoms with van der Waals surface area (Å²) >= 11 is 0. The Morgan fingerprint density at radius 2 is 2.07 bits per heavy atom. The van der Waals surface area contributed by atoms with Crippen LogP contribution in [0.15, 0.2) is 24.3 Å². The summed E-state index contributed by atoms with van der Waals surface area (Å²) in [6.07, 6.45) is 2.59. The summed E-state index contributed by atoms with van der Waals surface area (Å²) in [5.74, 6) is 0.329. The molecular weight excluding hydrogens is 186 g/mol. The average molecular weight is 203 g/mol. The highest BCUT2D eigenvalue weighted by Gasteiger charge is 2.34. The summed E-state index contributed by atoms with van der Waals surface area (Å²) in [7, 11) is 0. The lowest BCUT2D eigenvalue weighted by molar-refractivity contribution is 0.172. The third-order valence-electron chi connectivity index (χ3n) is 3.83. The number of benzene rings is 1. The van der Waals surface area contributed by atoms with Crippen molar-refractivity contribution in [1.29, 1.82) is 0 Å². The molecule has 2 heteroatoms. The number of aliphatic hydroxyl groups is 1. The van der Waals surface area contributed by atoms with Crippen LogP contribution in [0, 0.1) is 0 Å². The van der Waals surface area contributed by atoms with Crippen LogP contribution in [0.5, 0.6) is 0 Å². The van der Waals surface area contributed by atoms with Crippen molar-refractivity contribution in [1.82, 2.24) is 4.90 Å². The lowest BCUT2D eigenvalue weighted by Crippen LogP contribution is -2.35. The van der Waals surface area contributed by atoms with Gasteiger partial charge in [0.2, 0.25) is 0 Å². The maximum absolute atomic E-state index is 9.43. The highest BCUT2D eigenvalue weighted by molar-refractivity contribution is 5.36. The van der Waals surface area contributed by atoms with Crippen molar-refractivity contribution in [2.24, 2.45) is 0 Å². The van der Waals surface area contributed by atoms with Gasteiger partial charge < -0.3 is 5.11 Å². The molecule has 0 spiro atoms. The van der Waals surface area contributed by atoms with Crippen molar-refractivity contribution in [2.45, 2.75) is 24.8 Å². The minimum Gasteiger partial charge on any atom is -0.396 e. The molecule has 2 heterocycles. The third-order valence-corrected chi connectivity index (χ3v) is 3.83. The summed E-state index contributed by atoms with van der Waals surface area (Å²) in [6, 6.07) is 9.26. The monoisotopic (exact) mass is 203 g/mol. The second-order valence-electron chi connectivity index (χ2n) is 4.66. The van der Waals surface area contributed by atoms with E-state index in [1.54, 1.807) is 0 Å². The maximum Gasteiger partial charge on any atom is 0.0512 e. The zero-order chi connectivity index (χ0) is 10.3. The van der Waals surface area contributed by atoms with Crippen molar-refractivity contribution in [3.05, 3.63) is 35.4 Å². The molecule has 2 aliphatic heterocycles. The minimum absolute atomic E-state index is 0.278. The van der Waals surface area contributed by atoms with E-state index in [1.165, 1.54) is 30.5 Å². The Kier molecular flexibility index (Phi) is 2.26. The van der Waals surface area contributed by atoms with Gasteiger partial charge in [-0.05, 0) is 30.5 Å². The molecule has 15 heavy (non-hydrogen) atoms. The highest BCUT2D eigenvalue weighted by atomic mass is 16.3. The molecular formula is C13H17NO. The van der Waals surface area contributed by atoms with Gasteiger partial charge in [-0.15, -0.1) is 0 Å². The van der Waals surface area contributed by atoms with Crippen molar-refractivity contribution >= 4 is 0 Å². The highest BCUT2D eigenvalue weighted by Crippen LogP contribution is 2.41. The first-order valence-corrected chi connectivity index (χ1v) is 5.84. The molecule has 1 aromatic carbocycles. The lowest BCUT2D eigenvalue weighted by Gasteiger charge is -2.36. The Morgan fingerprint density at radius 1 is 1.27 bits per heavy atom. The van der Waals surface area contributed by atoms with Gasteiger partial charge in [-0.25, -0.2) is 0 Å². The quantitative estimate of drug-likeness (QED) is 0.753. The van der Waals surface area contributed by atoms with Crippen LogP contribution in [-0.4, -0.2) is 29.7 Å². The largest absolute Gasteiger partial charge is 0.396 e. The van der Waals surface area contributed by atoms with Crippen molar-refractivity contribution in [3.63, 3.8) is 0 Å². The van der Waals surface area contributed by atoms with Crippen LogP contribution in [0.25, 0.3) is 0 Å². The molecule has 1 saturated heterocycles. The van der Waals surface area contributed by atoms with E-state index in [9.17, 15) is 5.11 Å². The molecule has 2 nitrogen and oxygen atoms in total. The van der Waals surface area contributed by atoms with Crippen LogP contribution in [0.3, 0.4) is 0 Å². The Balaban J connectivity index is 2.06. The number of fused-ring (bicyclic) bond motifs is 3. The molecule has 0 aliphatic carbocycles. The SMILES string of the molecule is OC[C@H]1CN2CCC[C@H]2c2ccccc21. The van der Waals surface area contributed by atoms with Crippen LogP contribution in [0.4, 0.5) is 0 Å². The normalized spacial score (nSPS) is 29.9. The second-order valence-corrected chi connectivity index (χ2v) is 4.66. The summed E-state index contributed by atoms with van der Waals surface area (Å²) in [5.41, 5.74) is 2.84. The van der Waals surface area contributed by atoms with Gasteiger partial charge in [0, 0.05) is 18.5 Å². The minimum atomic E-state index is 0.278. The summed E-state index contributed by atoms with van der Waals surface area (Å²) in [5, 5.41) is 9.43. The summed E-state index contributed by atoms with van der Waals surface area (Å²) in [6.45, 7) is 2.52. The third kappa shape index (κ3) is 1.40. The molecule has 1 aromatic rings. The van der Waals surface area contributed by atoms with E-state index in [2.05, 4.69) is 29.2 Å². The van der Waals surface area contributed by atoms with Gasteiger partial charge >= 0.3 is 0 Å². The van der Waals surface area contributed by atoms with E-state index < -0.39 is 0 Å². The van der Waals surface area contributed by atoms with Gasteiger partial charge in [0.05, 0.1) is 6.61 Å². The van der Waals surface area contributed by atoms with Gasteiger partial charge in [0.1, 0.15) is 0 Å². The fourth-order valence-electron chi connectivity index (χ4n) is 3.12. The number of nitrogens with zero attached hydrogens (tertiary/aromatic N) is 1. The second kappa shape index (κ2) is 3.62. The summed E-state index contributed by atoms with van der Waals surface area (Å²) < 4.78 is 0. The van der Waals surface area contributed by atoms with Gasteiger partial charge in [-0.3, -0.25) is 4.90 Å². The van der Waals surface area contributed by atoms with Crippen LogP contribution >= 0.6 is 0 Å². The Morgan fingerprint density at radius 3 is 2.87 bits per heavy atom. The molecule has 0 unspecified atom stereocenters. The van der Waals surface area contributed by atoms with Crippen LogP contribution in [-0.2, 0) is 0 Å². The van der Waals surface area contributed by atoms with Gasteiger partial charge in [-0.2, -0.15) is 0 Å². The Hall–Kier alpha value is -0.860. The molecule has 3 rings (SSSR count). The fourth-order valence-corrected chi connectivity index (χ4v) is 3.12. The van der Waals surface area contributed by atoms with Crippen molar-refractivity contribution < 1.29 is 5.11 Å². The Bertz CT molecular complexity index is 363. The van der Waals surface area contributed by atoms with E-state index >= 15 is 0 Å². The van der Waals surface area contributed by atoms with E-state index in [0.29, 0.717) is 12.0 Å². The molecule has 2 atom stereocenters. The molecule has 80 valence electrons. The topological polar surface area (TPSA) is 23.5 Å². The predicted molar refractivity (Wildman–Crippen MR) is 59.8 cm³/mol. The number of hydrogen-bond donors (Lipinski definition) is 1. The van der Waals surface area contributed by atoms with Gasteiger partial charge in [0.25, 0.3) is 0 Å². The predicted octanol–water partition coefficient (Wildman–Crippen LogP) is 1.91. The Labute approximate surface area is 90.5 Å². The van der Waals surface area contributed by atoms with E-state index in [4.69, 9.17) is 0 Å². The number of hydrogen-bond acceptors (Lipinski definition) is 2. The van der Waals surface area contributed by atoms with Gasteiger partial charge in [0.15, 0.2) is 0 Å².